The van der Waals surface area contributed by atoms with Crippen LogP contribution in [-0.2, 0) is 14.3 Å². The molecule has 0 radical (unpaired) electrons. The topological polar surface area (TPSA) is 139 Å². The van der Waals surface area contributed by atoms with E-state index in [0.29, 0.717) is 12.1 Å². The van der Waals surface area contributed by atoms with Crippen molar-refractivity contribution in [2.75, 3.05) is 6.61 Å². The van der Waals surface area contributed by atoms with Crippen molar-refractivity contribution in [1.82, 2.24) is 0 Å². The minimum atomic E-state index is -8.01. The Morgan fingerprint density at radius 2 is 0.750 bits per heavy atom. The Balaban J connectivity index is -0.000000898. The molecule has 0 spiro atoms. The molecular formula is C21H9F27N4O3S. The Kier molecular flexibility index (Phi) is 17.7. The highest BCUT2D eigenvalue weighted by Crippen LogP contribution is 2.60. The molecule has 326 valence electrons. The van der Waals surface area contributed by atoms with E-state index in [0.717, 1.165) is 0 Å². The largest absolute Gasteiger partial charge is 0.523 e. The summed E-state index contributed by atoms with van der Waals surface area (Å²) in [4.78, 5) is 0. The van der Waals surface area contributed by atoms with E-state index in [1.807, 2.05) is 0 Å². The first kappa shape index (κ1) is 56.3. The maximum atomic E-state index is 13.1. The number of alkyl halides is 27. The zero-order chi connectivity index (χ0) is 46.4. The molecule has 7 nitrogen and oxygen atoms in total. The summed E-state index contributed by atoms with van der Waals surface area (Å²) in [5.41, 5.74) is -6.55. The fourth-order valence-corrected chi connectivity index (χ4v) is 2.83. The van der Waals surface area contributed by atoms with Crippen LogP contribution in [0.3, 0.4) is 0 Å². The van der Waals surface area contributed by atoms with Gasteiger partial charge >= 0.3 is 87.7 Å². The van der Waals surface area contributed by atoms with E-state index in [-0.39, 0.29) is 6.42 Å². The fourth-order valence-electron chi connectivity index (χ4n) is 2.40. The van der Waals surface area contributed by atoms with Gasteiger partial charge in [0, 0.05) is 6.42 Å². The van der Waals surface area contributed by atoms with E-state index < -0.39 is 107 Å². The lowest BCUT2D eigenvalue weighted by Gasteiger charge is -2.39. The van der Waals surface area contributed by atoms with Crippen molar-refractivity contribution in [1.29, 1.82) is 21.0 Å². The molecule has 0 unspecified atom stereocenters. The van der Waals surface area contributed by atoms with Gasteiger partial charge in [0.05, 0.1) is 24.3 Å². The molecule has 0 N–H and O–H groups in total. The molecule has 0 atom stereocenters. The zero-order valence-electron chi connectivity index (χ0n) is 25.0. The van der Waals surface area contributed by atoms with Crippen LogP contribution in [0.1, 0.15) is 12.8 Å². The number of nitriles is 4. The second kappa shape index (κ2) is 17.6. The van der Waals surface area contributed by atoms with Crippen LogP contribution in [0.5, 0.6) is 0 Å². The van der Waals surface area contributed by atoms with Crippen LogP contribution in [0.25, 0.3) is 0 Å². The first-order chi connectivity index (χ1) is 24.3. The Morgan fingerprint density at radius 3 is 0.964 bits per heavy atom. The first-order valence-corrected chi connectivity index (χ1v) is 13.5. The van der Waals surface area contributed by atoms with Gasteiger partial charge in [-0.3, -0.25) is 4.18 Å². The molecule has 0 saturated heterocycles. The second-order valence-electron chi connectivity index (χ2n) is 9.37. The molecule has 0 fully saturated rings. The van der Waals surface area contributed by atoms with Crippen molar-refractivity contribution in [3.05, 3.63) is 0 Å². The fraction of sp³-hybridized carbons (Fsp3) is 0.810. The summed E-state index contributed by atoms with van der Waals surface area (Å²) in [6.45, 7) is -3.87. The summed E-state index contributed by atoms with van der Waals surface area (Å²) in [7, 11) is -7.13. The number of halogens is 27. The lowest BCUT2D eigenvalue weighted by molar-refractivity contribution is -0.414. The molecule has 0 aromatic carbocycles. The Bertz CT molecular complexity index is 1570. The van der Waals surface area contributed by atoms with Gasteiger partial charge in [-0.1, -0.05) is 0 Å². The Hall–Kier alpha value is -4.02. The third-order valence-electron chi connectivity index (χ3n) is 5.49. The van der Waals surface area contributed by atoms with Crippen LogP contribution in [0.4, 0.5) is 119 Å². The van der Waals surface area contributed by atoms with Gasteiger partial charge in [-0.25, -0.2) is 17.6 Å². The maximum Gasteiger partial charge on any atom is 0.523 e. The standard InChI is InChI=1S/C10H4F12N2.C8H3F15O3S.C3H2N2/c11-5(12)7(15,16)9(19,20)10(21,22)8(17,18)6(13,14)1-4(2-23)3-24;9-2(10)4(13,14)6(17,18)7(19,20)5(15,16)3(11,12)1-26-27(24,25)8(21,22)23;4-2-1-3-5/h4-5H,1H2;2H,1H2;1H2. The highest BCUT2D eigenvalue weighted by atomic mass is 32.2. The van der Waals surface area contributed by atoms with Crippen LogP contribution in [0.15, 0.2) is 0 Å². The van der Waals surface area contributed by atoms with Gasteiger partial charge in [-0.05, 0) is 0 Å². The number of rotatable bonds is 15. The minimum absolute atomic E-state index is 0. The smallest absolute Gasteiger partial charge is 0.257 e. The average Bonchev–Trinajstić information content (AvgIpc) is 3.02. The quantitative estimate of drug-likeness (QED) is 0.0908. The zero-order valence-corrected chi connectivity index (χ0v) is 25.8. The van der Waals surface area contributed by atoms with Crippen molar-refractivity contribution in [2.45, 2.75) is 90.4 Å². The number of hydrogen-bond acceptors (Lipinski definition) is 7. The highest BCUT2D eigenvalue weighted by Gasteiger charge is 2.89. The van der Waals surface area contributed by atoms with Crippen molar-refractivity contribution in [3.8, 4) is 24.3 Å². The van der Waals surface area contributed by atoms with Gasteiger partial charge in [-0.15, -0.1) is 0 Å². The van der Waals surface area contributed by atoms with Gasteiger partial charge < -0.3 is 0 Å². The van der Waals surface area contributed by atoms with Gasteiger partial charge in [-0.2, -0.15) is 130 Å². The molecule has 0 aliphatic rings. The highest BCUT2D eigenvalue weighted by molar-refractivity contribution is 7.87. The Labute approximate surface area is 290 Å². The molecule has 0 heterocycles. The molecule has 0 rings (SSSR count). The van der Waals surface area contributed by atoms with Crippen LogP contribution < -0.4 is 0 Å². The number of hydrogen-bond donors (Lipinski definition) is 0. The van der Waals surface area contributed by atoms with Crippen molar-refractivity contribution < 1.29 is 131 Å². The van der Waals surface area contributed by atoms with Crippen LogP contribution in [0, 0.1) is 51.2 Å². The molecule has 0 saturated carbocycles. The van der Waals surface area contributed by atoms with Gasteiger partial charge in [0.15, 0.2) is 0 Å². The van der Waals surface area contributed by atoms with E-state index in [2.05, 4.69) is 4.18 Å². The van der Waals surface area contributed by atoms with Gasteiger partial charge in [0.1, 0.15) is 18.9 Å². The molecule has 0 aliphatic heterocycles. The first-order valence-electron chi connectivity index (χ1n) is 12.1. The summed E-state index contributed by atoms with van der Waals surface area (Å²) in [5.74, 6) is -76.4. The minimum Gasteiger partial charge on any atom is -0.257 e. The summed E-state index contributed by atoms with van der Waals surface area (Å²) >= 11 is 0. The van der Waals surface area contributed by atoms with E-state index in [1.54, 1.807) is 12.1 Å². The third kappa shape index (κ3) is 10.5. The SMILES string of the molecule is N#CC(C#N)CC(F)(F)C(F)(F)C(F)(F)C(F)(F)C(F)(F)C(F)F.N#CCC#N.O=S(=O)(OCC(F)(F)C(F)(F)C(F)(F)C(F)(F)C(F)(F)C(F)F)C(F)(F)F. The van der Waals surface area contributed by atoms with Gasteiger partial charge in [0.2, 0.25) is 0 Å². The lowest BCUT2D eigenvalue weighted by atomic mass is 9.90. The van der Waals surface area contributed by atoms with Crippen LogP contribution in [0.2, 0.25) is 0 Å². The molecular weight excluding hydrogens is 901 g/mol. The van der Waals surface area contributed by atoms with E-state index >= 15 is 0 Å². The lowest BCUT2D eigenvalue weighted by Crippen LogP contribution is -2.69. The van der Waals surface area contributed by atoms with E-state index in [1.165, 1.54) is 0 Å². The maximum absolute atomic E-state index is 13.1. The van der Waals surface area contributed by atoms with Crippen LogP contribution >= 0.6 is 0 Å². The average molecular weight is 910 g/mol. The molecule has 56 heavy (non-hydrogen) atoms. The molecule has 35 heteroatoms. The van der Waals surface area contributed by atoms with E-state index in [9.17, 15) is 127 Å². The van der Waals surface area contributed by atoms with Crippen molar-refractivity contribution in [3.63, 3.8) is 0 Å². The molecule has 0 aromatic heterocycles. The second-order valence-corrected chi connectivity index (χ2v) is 11.0. The molecule has 0 aliphatic carbocycles. The predicted octanol–water partition coefficient (Wildman–Crippen LogP) is 9.20. The third-order valence-corrected chi connectivity index (χ3v) is 6.49. The van der Waals surface area contributed by atoms with E-state index in [4.69, 9.17) is 21.0 Å². The van der Waals surface area contributed by atoms with Crippen LogP contribution in [-0.4, -0.2) is 92.6 Å². The predicted molar refractivity (Wildman–Crippen MR) is 118 cm³/mol. The molecule has 0 aromatic rings. The monoisotopic (exact) mass is 910 g/mol. The molecule has 0 amide bonds. The number of nitrogens with zero attached hydrogens (tertiary/aromatic N) is 4. The Morgan fingerprint density at radius 1 is 0.464 bits per heavy atom. The molecule has 0 bridgehead atoms. The summed E-state index contributed by atoms with van der Waals surface area (Å²) in [6, 6.07) is 4.60. The normalized spacial score (nSPS) is 14.5. The van der Waals surface area contributed by atoms with Crippen molar-refractivity contribution >= 4 is 10.1 Å². The van der Waals surface area contributed by atoms with Crippen molar-refractivity contribution in [2.24, 2.45) is 5.92 Å². The summed E-state index contributed by atoms with van der Waals surface area (Å²) in [5, 5.41) is 31.4. The van der Waals surface area contributed by atoms with Gasteiger partial charge in [0.25, 0.3) is 0 Å². The summed E-state index contributed by atoms with van der Waals surface area (Å²) < 4.78 is 363. The summed E-state index contributed by atoms with van der Waals surface area (Å²) in [6.07, 6.45) is -14.1.